The zero-order chi connectivity index (χ0) is 16.4. The summed E-state index contributed by atoms with van der Waals surface area (Å²) in [5.41, 5.74) is 0. The van der Waals surface area contributed by atoms with Crippen LogP contribution in [0.3, 0.4) is 0 Å². The average Bonchev–Trinajstić information content (AvgIpc) is 2.31. The van der Waals surface area contributed by atoms with Crippen molar-refractivity contribution in [1.82, 2.24) is 0 Å². The van der Waals surface area contributed by atoms with Gasteiger partial charge >= 0.3 is 0 Å². The second-order valence-corrected chi connectivity index (χ2v) is 7.76. The van der Waals surface area contributed by atoms with E-state index in [0.717, 1.165) is 12.5 Å². The van der Waals surface area contributed by atoms with Gasteiger partial charge in [0.15, 0.2) is 6.29 Å². The average molecular weight is 350 g/mol. The van der Waals surface area contributed by atoms with Gasteiger partial charge in [-0.25, -0.2) is 0 Å². The molecule has 0 aromatic carbocycles. The van der Waals surface area contributed by atoms with E-state index in [0.29, 0.717) is 0 Å². The lowest BCUT2D eigenvalue weighted by Crippen LogP contribution is -2.60. The first-order chi connectivity index (χ1) is 9.44. The van der Waals surface area contributed by atoms with Crippen molar-refractivity contribution in [3.05, 3.63) is 0 Å². The van der Waals surface area contributed by atoms with Gasteiger partial charge in [0.05, 0.1) is 19.1 Å². The highest BCUT2D eigenvalue weighted by molar-refractivity contribution is 7.86. The molecular weight excluding hydrogens is 332 g/mol. The van der Waals surface area contributed by atoms with E-state index in [4.69, 9.17) is 9.47 Å². The summed E-state index contributed by atoms with van der Waals surface area (Å²) in [6.07, 6.45) is -5.82. The van der Waals surface area contributed by atoms with Crippen molar-refractivity contribution in [1.29, 1.82) is 0 Å². The number of ether oxygens (including phenoxy) is 2. The molecule has 2 N–H and O–H groups in total. The summed E-state index contributed by atoms with van der Waals surface area (Å²) >= 11 is 0. The number of aliphatic hydroxyl groups excluding tert-OH is 2. The van der Waals surface area contributed by atoms with Crippen LogP contribution in [0.4, 0.5) is 0 Å². The fourth-order valence-corrected chi connectivity index (χ4v) is 2.77. The first-order valence-corrected chi connectivity index (χ1v) is 9.35. The molecule has 126 valence electrons. The van der Waals surface area contributed by atoms with E-state index in [1.54, 1.807) is 0 Å². The van der Waals surface area contributed by atoms with E-state index >= 15 is 0 Å². The van der Waals surface area contributed by atoms with E-state index in [1.165, 1.54) is 7.11 Å². The number of methoxy groups -OCH3 is 1. The predicted molar refractivity (Wildman–Crippen MR) is 68.2 cm³/mol. The minimum Gasteiger partial charge on any atom is -0.387 e. The molecule has 12 heteroatoms. The lowest BCUT2D eigenvalue weighted by molar-refractivity contribution is -0.288. The van der Waals surface area contributed by atoms with Gasteiger partial charge in [0.1, 0.15) is 24.4 Å². The molecule has 10 nitrogen and oxygen atoms in total. The Morgan fingerprint density at radius 1 is 1.05 bits per heavy atom. The molecule has 1 aliphatic rings. The number of aliphatic hydroxyl groups is 2. The van der Waals surface area contributed by atoms with Crippen LogP contribution in [0.25, 0.3) is 0 Å². The lowest BCUT2D eigenvalue weighted by atomic mass is 9.99. The molecular formula is C9H18O10S2. The summed E-state index contributed by atoms with van der Waals surface area (Å²) in [6, 6.07) is 0. The Labute approximate surface area is 122 Å². The molecule has 0 aromatic rings. The van der Waals surface area contributed by atoms with Crippen LogP contribution in [0.5, 0.6) is 0 Å². The third-order valence-electron chi connectivity index (χ3n) is 2.61. The summed E-state index contributed by atoms with van der Waals surface area (Å²) in [6.45, 7) is -0.608. The van der Waals surface area contributed by atoms with Crippen LogP contribution < -0.4 is 0 Å². The van der Waals surface area contributed by atoms with Crippen LogP contribution in [0.15, 0.2) is 0 Å². The molecule has 0 aliphatic carbocycles. The molecule has 1 saturated heterocycles. The van der Waals surface area contributed by atoms with Crippen LogP contribution in [-0.4, -0.2) is 84.0 Å². The van der Waals surface area contributed by atoms with Crippen molar-refractivity contribution in [2.24, 2.45) is 0 Å². The molecule has 5 atom stereocenters. The number of hydrogen-bond acceptors (Lipinski definition) is 10. The number of rotatable bonds is 6. The van der Waals surface area contributed by atoms with Crippen LogP contribution in [0, 0.1) is 0 Å². The van der Waals surface area contributed by atoms with Crippen molar-refractivity contribution in [3.8, 4) is 0 Å². The molecule has 1 aliphatic heterocycles. The van der Waals surface area contributed by atoms with E-state index < -0.39 is 57.5 Å². The third kappa shape index (κ3) is 5.75. The SMILES string of the molecule is CO[C@@H]1O[C@H](COS(C)(=O)=O)[C@@H](OS(C)(=O)=O)[C@H](O)[C@H]1O. The largest absolute Gasteiger partial charge is 0.387 e. The first kappa shape index (κ1) is 18.7. The van der Waals surface area contributed by atoms with Crippen LogP contribution in [0.2, 0.25) is 0 Å². The maximum absolute atomic E-state index is 11.2. The van der Waals surface area contributed by atoms with E-state index in [-0.39, 0.29) is 0 Å². The third-order valence-corrected chi connectivity index (χ3v) is 3.74. The van der Waals surface area contributed by atoms with Crippen molar-refractivity contribution >= 4 is 20.2 Å². The van der Waals surface area contributed by atoms with Crippen molar-refractivity contribution < 1.29 is 44.9 Å². The maximum atomic E-state index is 11.2. The Morgan fingerprint density at radius 2 is 1.62 bits per heavy atom. The zero-order valence-corrected chi connectivity index (χ0v) is 13.2. The van der Waals surface area contributed by atoms with Gasteiger partial charge in [0.2, 0.25) is 0 Å². The highest BCUT2D eigenvalue weighted by Gasteiger charge is 2.47. The second-order valence-electron chi connectivity index (χ2n) is 4.51. The van der Waals surface area contributed by atoms with Crippen LogP contribution in [0.1, 0.15) is 0 Å². The zero-order valence-electron chi connectivity index (χ0n) is 11.6. The monoisotopic (exact) mass is 350 g/mol. The van der Waals surface area contributed by atoms with Crippen molar-refractivity contribution in [3.63, 3.8) is 0 Å². The minimum absolute atomic E-state index is 0.608. The Bertz CT molecular complexity index is 541. The van der Waals surface area contributed by atoms with Crippen molar-refractivity contribution in [2.45, 2.75) is 30.7 Å². The molecule has 1 heterocycles. The predicted octanol–water partition coefficient (Wildman–Crippen LogP) is -2.60. The van der Waals surface area contributed by atoms with Gasteiger partial charge in [-0.05, 0) is 0 Å². The topological polar surface area (TPSA) is 146 Å². The van der Waals surface area contributed by atoms with Gasteiger partial charge in [-0.15, -0.1) is 0 Å². The molecule has 21 heavy (non-hydrogen) atoms. The fraction of sp³-hybridized carbons (Fsp3) is 1.00. The molecule has 0 amide bonds. The molecule has 0 bridgehead atoms. The number of hydrogen-bond donors (Lipinski definition) is 2. The smallest absolute Gasteiger partial charge is 0.264 e. The van der Waals surface area contributed by atoms with Gasteiger partial charge in [-0.2, -0.15) is 16.8 Å². The lowest BCUT2D eigenvalue weighted by Gasteiger charge is -2.40. The summed E-state index contributed by atoms with van der Waals surface area (Å²) < 4.78 is 63.4. The normalized spacial score (nSPS) is 34.8. The van der Waals surface area contributed by atoms with Crippen LogP contribution >= 0.6 is 0 Å². The Morgan fingerprint density at radius 3 is 2.05 bits per heavy atom. The van der Waals surface area contributed by atoms with Gasteiger partial charge in [0, 0.05) is 7.11 Å². The van der Waals surface area contributed by atoms with Gasteiger partial charge in [-0.3, -0.25) is 8.37 Å². The second kappa shape index (κ2) is 6.83. The summed E-state index contributed by atoms with van der Waals surface area (Å²) in [5.74, 6) is 0. The van der Waals surface area contributed by atoms with Crippen molar-refractivity contribution in [2.75, 3.05) is 26.2 Å². The fourth-order valence-electron chi connectivity index (χ4n) is 1.75. The summed E-state index contributed by atoms with van der Waals surface area (Å²) in [4.78, 5) is 0. The summed E-state index contributed by atoms with van der Waals surface area (Å²) in [5, 5.41) is 19.6. The van der Waals surface area contributed by atoms with E-state index in [2.05, 4.69) is 8.37 Å². The molecule has 0 radical (unpaired) electrons. The molecule has 0 unspecified atom stereocenters. The minimum atomic E-state index is -3.99. The Balaban J connectivity index is 2.95. The highest BCUT2D eigenvalue weighted by atomic mass is 32.2. The molecule has 0 spiro atoms. The molecule has 1 fully saturated rings. The molecule has 0 aromatic heterocycles. The Kier molecular flexibility index (Phi) is 6.08. The summed E-state index contributed by atoms with van der Waals surface area (Å²) in [7, 11) is -6.62. The first-order valence-electron chi connectivity index (χ1n) is 5.71. The highest BCUT2D eigenvalue weighted by Crippen LogP contribution is 2.25. The molecule has 0 saturated carbocycles. The standard InChI is InChI=1S/C9H18O10S2/c1-16-9-7(11)6(10)8(19-21(3,14)15)5(18-9)4-17-20(2,12)13/h5-11H,4H2,1-3H3/t5-,6-,7-,8-,9-/m1/s1. The van der Waals surface area contributed by atoms with Gasteiger partial charge in [-0.1, -0.05) is 0 Å². The molecule has 1 rings (SSSR count). The van der Waals surface area contributed by atoms with Crippen LogP contribution in [-0.2, 0) is 38.1 Å². The van der Waals surface area contributed by atoms with Gasteiger partial charge in [0.25, 0.3) is 20.2 Å². The van der Waals surface area contributed by atoms with E-state index in [9.17, 15) is 27.0 Å². The maximum Gasteiger partial charge on any atom is 0.264 e. The van der Waals surface area contributed by atoms with E-state index in [1.807, 2.05) is 0 Å². The Hall–Kier alpha value is -0.340. The quantitative estimate of drug-likeness (QED) is 0.489. The van der Waals surface area contributed by atoms with Gasteiger partial charge < -0.3 is 19.7 Å².